The van der Waals surface area contributed by atoms with Crippen LogP contribution < -0.4 is 17.2 Å². The van der Waals surface area contributed by atoms with Crippen LogP contribution in [0.5, 0.6) is 0 Å². The summed E-state index contributed by atoms with van der Waals surface area (Å²) in [4.78, 5) is 3.90. The Morgan fingerprint density at radius 3 is 2.70 bits per heavy atom. The Balaban J connectivity index is 2.88. The zero-order valence-electron chi connectivity index (χ0n) is 5.91. The first-order valence-electron chi connectivity index (χ1n) is 3.08. The molecule has 0 aromatic carbocycles. The molecule has 0 saturated carbocycles. The van der Waals surface area contributed by atoms with Crippen LogP contribution in [0.1, 0.15) is 6.92 Å². The summed E-state index contributed by atoms with van der Waals surface area (Å²) in [7, 11) is 0. The van der Waals surface area contributed by atoms with Crippen molar-refractivity contribution in [3.05, 3.63) is 11.8 Å². The lowest BCUT2D eigenvalue weighted by Gasteiger charge is -2.27. The predicted octanol–water partition coefficient (Wildman–Crippen LogP) is -1.08. The van der Waals surface area contributed by atoms with Gasteiger partial charge in [0.05, 0.1) is 5.54 Å². The Bertz CT molecular complexity index is 192. The first-order valence-corrected chi connectivity index (χ1v) is 3.08. The average molecular weight is 140 g/mol. The van der Waals surface area contributed by atoms with E-state index >= 15 is 0 Å². The van der Waals surface area contributed by atoms with Gasteiger partial charge in [0.2, 0.25) is 0 Å². The summed E-state index contributed by atoms with van der Waals surface area (Å²) in [6.07, 6.45) is 2.86. The van der Waals surface area contributed by atoms with Crippen LogP contribution in [0.2, 0.25) is 0 Å². The van der Waals surface area contributed by atoms with Gasteiger partial charge in [-0.2, -0.15) is 0 Å². The number of aliphatic imine (C=N–C) groups is 1. The van der Waals surface area contributed by atoms with Gasteiger partial charge in [-0.25, -0.2) is 0 Å². The lowest BCUT2D eigenvalue weighted by atomic mass is 9.97. The summed E-state index contributed by atoms with van der Waals surface area (Å²) in [5.74, 6) is 0. The summed E-state index contributed by atoms with van der Waals surface area (Å²) in [6, 6.07) is 0. The van der Waals surface area contributed by atoms with Crippen LogP contribution in [0, 0.1) is 0 Å². The molecular weight excluding hydrogens is 128 g/mol. The van der Waals surface area contributed by atoms with E-state index < -0.39 is 5.54 Å². The Hall–Kier alpha value is -0.870. The highest BCUT2D eigenvalue weighted by Gasteiger charge is 2.26. The van der Waals surface area contributed by atoms with Crippen LogP contribution in [0.25, 0.3) is 0 Å². The van der Waals surface area contributed by atoms with Crippen LogP contribution in [0.3, 0.4) is 0 Å². The zero-order valence-corrected chi connectivity index (χ0v) is 5.91. The molecule has 56 valence electrons. The molecule has 0 spiro atoms. The van der Waals surface area contributed by atoms with Gasteiger partial charge >= 0.3 is 0 Å². The molecule has 2 unspecified atom stereocenters. The van der Waals surface area contributed by atoms with Gasteiger partial charge in [-0.1, -0.05) is 0 Å². The maximum absolute atomic E-state index is 5.72. The number of rotatable bonds is 0. The smallest absolute Gasteiger partial charge is 0.119 e. The summed E-state index contributed by atoms with van der Waals surface area (Å²) in [6.45, 7) is 1.79. The van der Waals surface area contributed by atoms with E-state index in [4.69, 9.17) is 17.2 Å². The zero-order chi connectivity index (χ0) is 7.78. The Morgan fingerprint density at radius 1 is 1.70 bits per heavy atom. The highest BCUT2D eigenvalue weighted by atomic mass is 15.0. The topological polar surface area (TPSA) is 90.4 Å². The van der Waals surface area contributed by atoms with E-state index in [1.165, 1.54) is 6.21 Å². The molecule has 4 nitrogen and oxygen atoms in total. The first kappa shape index (κ1) is 7.24. The Labute approximate surface area is 59.8 Å². The Morgan fingerprint density at radius 2 is 2.30 bits per heavy atom. The van der Waals surface area contributed by atoms with Crippen LogP contribution in [0.4, 0.5) is 0 Å². The minimum absolute atomic E-state index is 0.375. The summed E-state index contributed by atoms with van der Waals surface area (Å²) in [5.41, 5.74) is 16.7. The van der Waals surface area contributed by atoms with Crippen molar-refractivity contribution >= 4 is 6.21 Å². The van der Waals surface area contributed by atoms with Crippen molar-refractivity contribution < 1.29 is 0 Å². The maximum atomic E-state index is 5.72. The third-order valence-corrected chi connectivity index (χ3v) is 1.50. The lowest BCUT2D eigenvalue weighted by Crippen LogP contribution is -2.52. The fraction of sp³-hybridized carbons (Fsp3) is 0.500. The molecule has 0 fully saturated rings. The quantitative estimate of drug-likeness (QED) is 0.399. The fourth-order valence-electron chi connectivity index (χ4n) is 0.809. The molecule has 10 heavy (non-hydrogen) atoms. The molecule has 1 aliphatic rings. The highest BCUT2D eigenvalue weighted by molar-refractivity contribution is 5.79. The summed E-state index contributed by atoms with van der Waals surface area (Å²) >= 11 is 0. The van der Waals surface area contributed by atoms with Crippen molar-refractivity contribution in [2.75, 3.05) is 0 Å². The lowest BCUT2D eigenvalue weighted by molar-refractivity contribution is 0.463. The fourth-order valence-corrected chi connectivity index (χ4v) is 0.809. The van der Waals surface area contributed by atoms with Crippen LogP contribution in [0.15, 0.2) is 16.8 Å². The molecule has 1 rings (SSSR count). The van der Waals surface area contributed by atoms with E-state index in [-0.39, 0.29) is 6.17 Å². The number of nitrogens with zero attached hydrogens (tertiary/aromatic N) is 1. The van der Waals surface area contributed by atoms with Gasteiger partial charge in [-0.15, -0.1) is 0 Å². The molecule has 1 heterocycles. The molecule has 0 aliphatic carbocycles. The van der Waals surface area contributed by atoms with Crippen LogP contribution >= 0.6 is 0 Å². The molecule has 0 amide bonds. The molecule has 0 saturated heterocycles. The third kappa shape index (κ3) is 1.17. The second-order valence-electron chi connectivity index (χ2n) is 2.73. The summed E-state index contributed by atoms with van der Waals surface area (Å²) in [5, 5.41) is 0. The van der Waals surface area contributed by atoms with Gasteiger partial charge in [0.25, 0.3) is 0 Å². The Kier molecular flexibility index (Phi) is 1.50. The molecule has 0 aromatic rings. The van der Waals surface area contributed by atoms with Gasteiger partial charge in [-0.3, -0.25) is 4.99 Å². The van der Waals surface area contributed by atoms with Gasteiger partial charge in [0.1, 0.15) is 6.17 Å². The van der Waals surface area contributed by atoms with E-state index in [1.807, 2.05) is 0 Å². The molecular formula is C6H12N4. The van der Waals surface area contributed by atoms with E-state index in [1.54, 1.807) is 13.0 Å². The number of allylic oxidation sites excluding steroid dienone is 1. The van der Waals surface area contributed by atoms with Gasteiger partial charge in [-0.05, 0) is 13.0 Å². The largest absolute Gasteiger partial charge is 0.398 e. The maximum Gasteiger partial charge on any atom is 0.119 e. The first-order chi connectivity index (χ1) is 4.52. The minimum Gasteiger partial charge on any atom is -0.398 e. The van der Waals surface area contributed by atoms with Crippen molar-refractivity contribution in [3.8, 4) is 0 Å². The van der Waals surface area contributed by atoms with Crippen LogP contribution in [-0.4, -0.2) is 17.9 Å². The van der Waals surface area contributed by atoms with Gasteiger partial charge in [0, 0.05) is 11.9 Å². The second kappa shape index (κ2) is 2.07. The number of hydrogen-bond acceptors (Lipinski definition) is 4. The predicted molar refractivity (Wildman–Crippen MR) is 41.3 cm³/mol. The van der Waals surface area contributed by atoms with Crippen molar-refractivity contribution in [1.82, 2.24) is 0 Å². The minimum atomic E-state index is -0.598. The van der Waals surface area contributed by atoms with Gasteiger partial charge < -0.3 is 17.2 Å². The van der Waals surface area contributed by atoms with Crippen molar-refractivity contribution in [1.29, 1.82) is 0 Å². The molecule has 0 bridgehead atoms. The average Bonchev–Trinajstić information content (AvgIpc) is 1.78. The molecule has 0 aromatic heterocycles. The molecule has 6 N–H and O–H groups in total. The molecule has 0 radical (unpaired) electrons. The summed E-state index contributed by atoms with van der Waals surface area (Å²) < 4.78 is 0. The van der Waals surface area contributed by atoms with Gasteiger partial charge in [0.15, 0.2) is 0 Å². The molecule has 2 atom stereocenters. The van der Waals surface area contributed by atoms with Crippen molar-refractivity contribution in [2.45, 2.75) is 18.6 Å². The van der Waals surface area contributed by atoms with E-state index in [2.05, 4.69) is 4.99 Å². The van der Waals surface area contributed by atoms with E-state index in [0.717, 1.165) is 0 Å². The van der Waals surface area contributed by atoms with Crippen molar-refractivity contribution in [3.63, 3.8) is 0 Å². The number of nitrogens with two attached hydrogens (primary N) is 3. The molecule has 4 heteroatoms. The normalized spacial score (nSPS) is 39.5. The van der Waals surface area contributed by atoms with E-state index in [0.29, 0.717) is 5.70 Å². The van der Waals surface area contributed by atoms with Crippen molar-refractivity contribution in [2.24, 2.45) is 22.2 Å². The number of dihydropyridines is 1. The second-order valence-corrected chi connectivity index (χ2v) is 2.73. The SMILES string of the molecule is CC1(N)C=C(N)C=NC1N. The number of hydrogen-bond donors (Lipinski definition) is 3. The van der Waals surface area contributed by atoms with Crippen LogP contribution in [-0.2, 0) is 0 Å². The standard InChI is InChI=1S/C6H12N4/c1-6(9)2-4(7)3-10-5(6)8/h2-3,5H,7-9H2,1H3. The monoisotopic (exact) mass is 140 g/mol. The highest BCUT2D eigenvalue weighted by Crippen LogP contribution is 2.11. The van der Waals surface area contributed by atoms with E-state index in [9.17, 15) is 0 Å². The third-order valence-electron chi connectivity index (χ3n) is 1.50. The molecule has 1 aliphatic heterocycles.